The number of nitriles is 1. The lowest BCUT2D eigenvalue weighted by Crippen LogP contribution is -2.15. The second-order valence-electron chi connectivity index (χ2n) is 4.59. The Kier molecular flexibility index (Phi) is 3.40. The van der Waals surface area contributed by atoms with Crippen LogP contribution in [0.3, 0.4) is 0 Å². The summed E-state index contributed by atoms with van der Waals surface area (Å²) < 4.78 is 2.04. The summed E-state index contributed by atoms with van der Waals surface area (Å²) in [4.78, 5) is 6.29. The van der Waals surface area contributed by atoms with Crippen LogP contribution in [0, 0.1) is 11.3 Å². The van der Waals surface area contributed by atoms with Gasteiger partial charge in [-0.2, -0.15) is 5.26 Å². The summed E-state index contributed by atoms with van der Waals surface area (Å²) in [7, 11) is 0. The Morgan fingerprint density at radius 3 is 2.85 bits per heavy atom. The van der Waals surface area contributed by atoms with Gasteiger partial charge >= 0.3 is 0 Å². The van der Waals surface area contributed by atoms with Crippen molar-refractivity contribution in [1.29, 1.82) is 5.26 Å². The van der Waals surface area contributed by atoms with Gasteiger partial charge in [-0.25, -0.2) is 4.98 Å². The number of nitrogens with zero attached hydrogens (tertiary/aromatic N) is 3. The van der Waals surface area contributed by atoms with Gasteiger partial charge in [0.1, 0.15) is 11.9 Å². The van der Waals surface area contributed by atoms with Crippen molar-refractivity contribution in [3.05, 3.63) is 50.0 Å². The zero-order chi connectivity index (χ0) is 14.3. The molecule has 6 heteroatoms. The van der Waals surface area contributed by atoms with Gasteiger partial charge in [0.2, 0.25) is 0 Å². The van der Waals surface area contributed by atoms with Crippen molar-refractivity contribution in [2.24, 2.45) is 0 Å². The van der Waals surface area contributed by atoms with Crippen LogP contribution in [0.5, 0.6) is 0 Å². The number of hydrogen-bond acceptors (Lipinski definition) is 4. The average Bonchev–Trinajstić information content (AvgIpc) is 2.85. The third-order valence-electron chi connectivity index (χ3n) is 3.38. The predicted molar refractivity (Wildman–Crippen MR) is 85.1 cm³/mol. The summed E-state index contributed by atoms with van der Waals surface area (Å²) in [6.07, 6.45) is 1.76. The van der Waals surface area contributed by atoms with E-state index >= 15 is 0 Å². The van der Waals surface area contributed by atoms with E-state index < -0.39 is 0 Å². The number of nitrogen functional groups attached to an aromatic ring is 1. The van der Waals surface area contributed by atoms with E-state index in [4.69, 9.17) is 5.73 Å². The molecule has 4 nitrogen and oxygen atoms in total. The molecule has 0 spiro atoms. The molecule has 0 bridgehead atoms. The number of anilines is 2. The maximum atomic E-state index is 9.23. The molecule has 2 N–H and O–H groups in total. The highest BCUT2D eigenvalue weighted by Gasteiger charge is 2.25. The summed E-state index contributed by atoms with van der Waals surface area (Å²) in [6.45, 7) is 1.40. The number of halogens is 2. The van der Waals surface area contributed by atoms with Gasteiger partial charge < -0.3 is 10.6 Å². The van der Waals surface area contributed by atoms with Crippen molar-refractivity contribution in [1.82, 2.24) is 4.98 Å². The quantitative estimate of drug-likeness (QED) is 0.803. The lowest BCUT2D eigenvalue weighted by Gasteiger charge is -2.19. The lowest BCUT2D eigenvalue weighted by molar-refractivity contribution is 0.876. The van der Waals surface area contributed by atoms with Crippen molar-refractivity contribution < 1.29 is 0 Å². The summed E-state index contributed by atoms with van der Waals surface area (Å²) in [5, 5.41) is 9.23. The van der Waals surface area contributed by atoms with E-state index in [9.17, 15) is 5.26 Å². The van der Waals surface area contributed by atoms with E-state index in [0.29, 0.717) is 17.9 Å². The zero-order valence-corrected chi connectivity index (χ0v) is 13.6. The third-order valence-corrected chi connectivity index (χ3v) is 4.54. The molecule has 0 unspecified atom stereocenters. The minimum absolute atomic E-state index is 0.307. The van der Waals surface area contributed by atoms with Crippen LogP contribution in [0.4, 0.5) is 11.5 Å². The van der Waals surface area contributed by atoms with Crippen LogP contribution >= 0.6 is 31.9 Å². The maximum absolute atomic E-state index is 9.23. The minimum atomic E-state index is 0.307. The van der Waals surface area contributed by atoms with Gasteiger partial charge in [-0.1, -0.05) is 15.9 Å². The molecule has 20 heavy (non-hydrogen) atoms. The fraction of sp³-hybridized carbons (Fsp3) is 0.143. The Morgan fingerprint density at radius 1 is 1.30 bits per heavy atom. The summed E-state index contributed by atoms with van der Waals surface area (Å²) in [5.74, 6) is 0.307. The predicted octanol–water partition coefficient (Wildman–Crippen LogP) is 3.58. The van der Waals surface area contributed by atoms with Crippen LogP contribution in [0.15, 0.2) is 33.3 Å². The molecule has 0 saturated heterocycles. The standard InChI is InChI=1S/C14H10Br2N4/c15-9-1-2-12(16)13(3-9)20-6-8-5-19-14(18)10(4-17)11(8)7-20/h1-3,5H,6-7H2,(H2,18,19). The Bertz CT molecular complexity index is 737. The molecule has 2 heterocycles. The molecule has 0 fully saturated rings. The minimum Gasteiger partial charge on any atom is -0.383 e. The first-order chi connectivity index (χ1) is 9.60. The highest BCUT2D eigenvalue weighted by Crippen LogP contribution is 2.36. The molecule has 1 aromatic carbocycles. The van der Waals surface area contributed by atoms with Crippen molar-refractivity contribution in [3.8, 4) is 6.07 Å². The van der Waals surface area contributed by atoms with Gasteiger partial charge in [0.25, 0.3) is 0 Å². The monoisotopic (exact) mass is 392 g/mol. The van der Waals surface area contributed by atoms with E-state index in [1.54, 1.807) is 6.20 Å². The fourth-order valence-corrected chi connectivity index (χ4v) is 3.24. The van der Waals surface area contributed by atoms with Crippen LogP contribution in [0.2, 0.25) is 0 Å². The Hall–Kier alpha value is -1.58. The Morgan fingerprint density at radius 2 is 2.10 bits per heavy atom. The van der Waals surface area contributed by atoms with Crippen LogP contribution in [-0.4, -0.2) is 4.98 Å². The largest absolute Gasteiger partial charge is 0.383 e. The first-order valence-electron chi connectivity index (χ1n) is 5.96. The molecule has 1 aliphatic rings. The van der Waals surface area contributed by atoms with Gasteiger partial charge in [0.15, 0.2) is 0 Å². The summed E-state index contributed by atoms with van der Waals surface area (Å²) >= 11 is 7.05. The first kappa shape index (κ1) is 13.4. The van der Waals surface area contributed by atoms with Crippen molar-refractivity contribution in [3.63, 3.8) is 0 Å². The van der Waals surface area contributed by atoms with Gasteiger partial charge in [-0.05, 0) is 45.3 Å². The Balaban J connectivity index is 2.03. The van der Waals surface area contributed by atoms with E-state index in [1.807, 2.05) is 12.1 Å². The van der Waals surface area contributed by atoms with Crippen molar-refractivity contribution in [2.75, 3.05) is 10.6 Å². The zero-order valence-electron chi connectivity index (χ0n) is 10.4. The molecule has 100 valence electrons. The SMILES string of the molecule is N#Cc1c(N)ncc2c1CN(c1cc(Br)ccc1Br)C2. The van der Waals surface area contributed by atoms with Crippen LogP contribution in [-0.2, 0) is 13.1 Å². The molecule has 0 aliphatic carbocycles. The molecule has 0 atom stereocenters. The highest BCUT2D eigenvalue weighted by atomic mass is 79.9. The van der Waals surface area contributed by atoms with Gasteiger partial charge in [0.05, 0.1) is 11.3 Å². The molecule has 2 aromatic rings. The van der Waals surface area contributed by atoms with E-state index in [1.165, 1.54) is 0 Å². The summed E-state index contributed by atoms with van der Waals surface area (Å²) in [5.41, 5.74) is 9.39. The van der Waals surface area contributed by atoms with Crippen LogP contribution in [0.1, 0.15) is 16.7 Å². The van der Waals surface area contributed by atoms with Gasteiger partial charge in [-0.15, -0.1) is 0 Å². The smallest absolute Gasteiger partial charge is 0.141 e. The number of rotatable bonds is 1. The van der Waals surface area contributed by atoms with Crippen molar-refractivity contribution in [2.45, 2.75) is 13.1 Å². The number of hydrogen-bond donors (Lipinski definition) is 1. The molecular weight excluding hydrogens is 384 g/mol. The van der Waals surface area contributed by atoms with E-state index in [2.05, 4.69) is 53.9 Å². The van der Waals surface area contributed by atoms with E-state index in [-0.39, 0.29) is 0 Å². The second-order valence-corrected chi connectivity index (χ2v) is 6.36. The lowest BCUT2D eigenvalue weighted by atomic mass is 10.1. The summed E-state index contributed by atoms with van der Waals surface area (Å²) in [6, 6.07) is 8.20. The molecule has 3 rings (SSSR count). The molecule has 0 radical (unpaired) electrons. The van der Waals surface area contributed by atoms with Gasteiger partial charge in [0, 0.05) is 28.2 Å². The fourth-order valence-electron chi connectivity index (χ4n) is 2.40. The number of aromatic nitrogens is 1. The normalized spacial score (nSPS) is 13.2. The first-order valence-corrected chi connectivity index (χ1v) is 7.55. The third kappa shape index (κ3) is 2.17. The van der Waals surface area contributed by atoms with Crippen LogP contribution < -0.4 is 10.6 Å². The van der Waals surface area contributed by atoms with Crippen molar-refractivity contribution >= 4 is 43.4 Å². The topological polar surface area (TPSA) is 65.9 Å². The second kappa shape index (κ2) is 5.08. The molecule has 1 aromatic heterocycles. The van der Waals surface area contributed by atoms with Gasteiger partial charge in [-0.3, -0.25) is 0 Å². The number of benzene rings is 1. The highest BCUT2D eigenvalue weighted by molar-refractivity contribution is 9.11. The molecular formula is C14H10Br2N4. The van der Waals surface area contributed by atoms with E-state index in [0.717, 1.165) is 32.3 Å². The average molecular weight is 394 g/mol. The number of nitrogens with two attached hydrogens (primary N) is 1. The number of fused-ring (bicyclic) bond motifs is 1. The molecule has 0 amide bonds. The molecule has 1 aliphatic heterocycles. The number of pyridine rings is 1. The maximum Gasteiger partial charge on any atom is 0.141 e. The van der Waals surface area contributed by atoms with Crippen LogP contribution in [0.25, 0.3) is 0 Å². The Labute approximate surface area is 133 Å². The molecule has 0 saturated carbocycles.